The Hall–Kier alpha value is -1.36. The van der Waals surface area contributed by atoms with Gasteiger partial charge in [-0.3, -0.25) is 4.79 Å². The van der Waals surface area contributed by atoms with E-state index < -0.39 is 4.32 Å². The summed E-state index contributed by atoms with van der Waals surface area (Å²) in [5, 5.41) is 4.02. The summed E-state index contributed by atoms with van der Waals surface area (Å²) in [6.45, 7) is 1.78. The van der Waals surface area contributed by atoms with Crippen LogP contribution >= 0.6 is 15.9 Å². The maximum Gasteiger partial charge on any atom is 0.262 e. The lowest BCUT2D eigenvalue weighted by molar-refractivity contribution is -0.120. The second kappa shape index (κ2) is 3.90. The van der Waals surface area contributed by atoms with Crippen molar-refractivity contribution in [2.45, 2.75) is 11.2 Å². The van der Waals surface area contributed by atoms with Crippen molar-refractivity contribution in [3.05, 3.63) is 29.8 Å². The molecule has 0 spiro atoms. The largest absolute Gasteiger partial charge is 0.497 e. The Bertz CT molecular complexity index is 452. The van der Waals surface area contributed by atoms with Crippen LogP contribution in [0.1, 0.15) is 12.5 Å². The first-order chi connectivity index (χ1) is 7.55. The van der Waals surface area contributed by atoms with Gasteiger partial charge in [-0.25, -0.2) is 5.43 Å². The molecule has 16 heavy (non-hydrogen) atoms. The highest BCUT2D eigenvalue weighted by atomic mass is 79.9. The Morgan fingerprint density at radius 1 is 1.38 bits per heavy atom. The van der Waals surface area contributed by atoms with Crippen LogP contribution in [0.4, 0.5) is 0 Å². The summed E-state index contributed by atoms with van der Waals surface area (Å²) in [5.74, 6) is 0.622. The fraction of sp³-hybridized carbons (Fsp3) is 0.273. The number of alkyl halides is 1. The van der Waals surface area contributed by atoms with Gasteiger partial charge in [-0.05, 0) is 36.8 Å². The first-order valence-electron chi connectivity index (χ1n) is 4.77. The predicted octanol–water partition coefficient (Wildman–Crippen LogP) is 1.68. The number of amides is 1. The average molecular weight is 283 g/mol. The van der Waals surface area contributed by atoms with Crippen LogP contribution in [0.3, 0.4) is 0 Å². The topological polar surface area (TPSA) is 50.7 Å². The zero-order valence-corrected chi connectivity index (χ0v) is 10.5. The van der Waals surface area contributed by atoms with Crippen molar-refractivity contribution in [3.8, 4) is 5.75 Å². The highest BCUT2D eigenvalue weighted by molar-refractivity contribution is 9.10. The highest BCUT2D eigenvalue weighted by Crippen LogP contribution is 2.28. The first-order valence-corrected chi connectivity index (χ1v) is 5.57. The molecule has 0 unspecified atom stereocenters. The molecule has 2 rings (SSSR count). The molecule has 1 atom stereocenters. The maximum absolute atomic E-state index is 11.5. The number of ether oxygens (including phenoxy) is 1. The fourth-order valence-electron chi connectivity index (χ4n) is 1.51. The molecule has 0 aliphatic carbocycles. The molecule has 5 heteroatoms. The SMILES string of the molecule is COc1ccc(C2=NNC(=O)[C@]2(C)Br)cc1. The van der Waals surface area contributed by atoms with E-state index in [-0.39, 0.29) is 5.91 Å². The Labute approximate surface area is 102 Å². The minimum absolute atomic E-state index is 0.154. The van der Waals surface area contributed by atoms with E-state index in [1.54, 1.807) is 14.0 Å². The number of methoxy groups -OCH3 is 1. The van der Waals surface area contributed by atoms with Gasteiger partial charge in [-0.15, -0.1) is 0 Å². The lowest BCUT2D eigenvalue weighted by atomic mass is 9.98. The first kappa shape index (κ1) is 11.1. The molecule has 0 radical (unpaired) electrons. The highest BCUT2D eigenvalue weighted by Gasteiger charge is 2.41. The Kier molecular flexibility index (Phi) is 2.71. The summed E-state index contributed by atoms with van der Waals surface area (Å²) in [5.41, 5.74) is 4.03. The summed E-state index contributed by atoms with van der Waals surface area (Å²) < 4.78 is 4.31. The van der Waals surface area contributed by atoms with Crippen molar-refractivity contribution in [2.24, 2.45) is 5.10 Å². The van der Waals surface area contributed by atoms with E-state index in [0.29, 0.717) is 5.71 Å². The van der Waals surface area contributed by atoms with Gasteiger partial charge in [0.1, 0.15) is 10.1 Å². The lowest BCUT2D eigenvalue weighted by Gasteiger charge is -2.14. The van der Waals surface area contributed by atoms with E-state index >= 15 is 0 Å². The quantitative estimate of drug-likeness (QED) is 0.840. The predicted molar refractivity (Wildman–Crippen MR) is 65.0 cm³/mol. The molecule has 1 aliphatic heterocycles. The summed E-state index contributed by atoms with van der Waals surface area (Å²) in [6, 6.07) is 7.42. The molecule has 1 heterocycles. The number of halogens is 1. The van der Waals surface area contributed by atoms with Gasteiger partial charge < -0.3 is 4.74 Å². The maximum atomic E-state index is 11.5. The molecule has 1 N–H and O–H groups in total. The number of nitrogens with one attached hydrogen (secondary N) is 1. The van der Waals surface area contributed by atoms with E-state index in [4.69, 9.17) is 4.74 Å². The molecule has 0 bridgehead atoms. The number of carbonyl (C=O) groups excluding carboxylic acids is 1. The van der Waals surface area contributed by atoms with Crippen molar-refractivity contribution < 1.29 is 9.53 Å². The molecule has 0 aromatic heterocycles. The molecular weight excluding hydrogens is 272 g/mol. The molecule has 0 fully saturated rings. The van der Waals surface area contributed by atoms with Gasteiger partial charge in [0.2, 0.25) is 0 Å². The number of rotatable bonds is 2. The third kappa shape index (κ3) is 1.71. The number of carbonyl (C=O) groups is 1. The fourth-order valence-corrected chi connectivity index (χ4v) is 1.91. The van der Waals surface area contributed by atoms with Gasteiger partial charge >= 0.3 is 0 Å². The molecule has 1 amide bonds. The van der Waals surface area contributed by atoms with Crippen LogP contribution in [0.15, 0.2) is 29.4 Å². The van der Waals surface area contributed by atoms with Crippen LogP contribution < -0.4 is 10.2 Å². The van der Waals surface area contributed by atoms with Crippen LogP contribution in [-0.4, -0.2) is 23.1 Å². The summed E-state index contributed by atoms with van der Waals surface area (Å²) in [4.78, 5) is 11.5. The average Bonchev–Trinajstić information content (AvgIpc) is 2.54. The van der Waals surface area contributed by atoms with Crippen LogP contribution in [-0.2, 0) is 4.79 Å². The smallest absolute Gasteiger partial charge is 0.262 e. The Morgan fingerprint density at radius 2 is 2.00 bits per heavy atom. The Morgan fingerprint density at radius 3 is 2.44 bits per heavy atom. The van der Waals surface area contributed by atoms with Gasteiger partial charge in [0, 0.05) is 0 Å². The molecular formula is C11H11BrN2O2. The molecule has 1 aromatic carbocycles. The standard InChI is InChI=1S/C11H11BrN2O2/c1-11(12)9(13-14-10(11)15)7-3-5-8(16-2)6-4-7/h3-6H,1-2H3,(H,14,15)/t11-/m1/s1. The molecule has 1 aliphatic rings. The minimum atomic E-state index is -0.762. The van der Waals surface area contributed by atoms with Crippen molar-refractivity contribution in [1.82, 2.24) is 5.43 Å². The Balaban J connectivity index is 2.35. The zero-order valence-electron chi connectivity index (χ0n) is 8.95. The van der Waals surface area contributed by atoms with Crippen molar-refractivity contribution >= 4 is 27.5 Å². The second-order valence-corrected chi connectivity index (χ2v) is 5.22. The number of hydrogen-bond donors (Lipinski definition) is 1. The molecule has 0 saturated heterocycles. The summed E-state index contributed by atoms with van der Waals surface area (Å²) >= 11 is 3.37. The van der Waals surface area contributed by atoms with Crippen molar-refractivity contribution in [2.75, 3.05) is 7.11 Å². The van der Waals surface area contributed by atoms with E-state index in [1.807, 2.05) is 24.3 Å². The third-order valence-electron chi connectivity index (χ3n) is 2.50. The minimum Gasteiger partial charge on any atom is -0.497 e. The van der Waals surface area contributed by atoms with Crippen LogP contribution in [0.2, 0.25) is 0 Å². The number of hydrazone groups is 1. The van der Waals surface area contributed by atoms with Gasteiger partial charge in [0.15, 0.2) is 0 Å². The van der Waals surface area contributed by atoms with Crippen molar-refractivity contribution in [3.63, 3.8) is 0 Å². The summed E-state index contributed by atoms with van der Waals surface area (Å²) in [7, 11) is 1.61. The van der Waals surface area contributed by atoms with Crippen LogP contribution in [0, 0.1) is 0 Å². The monoisotopic (exact) mass is 282 g/mol. The van der Waals surface area contributed by atoms with E-state index in [1.165, 1.54) is 0 Å². The van der Waals surface area contributed by atoms with E-state index in [0.717, 1.165) is 11.3 Å². The molecule has 1 aromatic rings. The van der Waals surface area contributed by atoms with Crippen molar-refractivity contribution in [1.29, 1.82) is 0 Å². The normalized spacial score (nSPS) is 23.9. The van der Waals surface area contributed by atoms with Gasteiger partial charge in [0.05, 0.1) is 12.8 Å². The number of nitrogens with zero attached hydrogens (tertiary/aromatic N) is 1. The summed E-state index contributed by atoms with van der Waals surface area (Å²) in [6.07, 6.45) is 0. The lowest BCUT2D eigenvalue weighted by Crippen LogP contribution is -2.36. The molecule has 0 saturated carbocycles. The van der Waals surface area contributed by atoms with Crippen LogP contribution in [0.5, 0.6) is 5.75 Å². The molecule has 4 nitrogen and oxygen atoms in total. The number of hydrogen-bond acceptors (Lipinski definition) is 3. The zero-order chi connectivity index (χ0) is 11.8. The van der Waals surface area contributed by atoms with Gasteiger partial charge in [-0.1, -0.05) is 15.9 Å². The van der Waals surface area contributed by atoms with E-state index in [2.05, 4.69) is 26.5 Å². The number of benzene rings is 1. The van der Waals surface area contributed by atoms with Gasteiger partial charge in [0.25, 0.3) is 5.91 Å². The molecule has 84 valence electrons. The second-order valence-electron chi connectivity index (χ2n) is 3.63. The third-order valence-corrected chi connectivity index (χ3v) is 3.24. The van der Waals surface area contributed by atoms with Crippen LogP contribution in [0.25, 0.3) is 0 Å². The van der Waals surface area contributed by atoms with Gasteiger partial charge in [-0.2, -0.15) is 5.10 Å². The van der Waals surface area contributed by atoms with E-state index in [9.17, 15) is 4.79 Å².